The molecular weight excluding hydrogens is 379 g/mol. The second kappa shape index (κ2) is 6.43. The summed E-state index contributed by atoms with van der Waals surface area (Å²) in [5, 5.41) is 13.8. The van der Waals surface area contributed by atoms with Gasteiger partial charge in [-0.15, -0.1) is 11.3 Å². The highest BCUT2D eigenvalue weighted by atomic mass is 32.1. The Bertz CT molecular complexity index is 1050. The van der Waals surface area contributed by atoms with Crippen molar-refractivity contribution >= 4 is 21.6 Å². The lowest BCUT2D eigenvalue weighted by atomic mass is 10.00. The molecule has 138 valence electrons. The van der Waals surface area contributed by atoms with E-state index in [9.17, 15) is 18.3 Å². The zero-order valence-electron chi connectivity index (χ0n) is 13.6. The molecule has 5 nitrogen and oxygen atoms in total. The molecular formula is C18H12F3N3O2S. The number of halogens is 3. The minimum Gasteiger partial charge on any atom is -0.374 e. The van der Waals surface area contributed by atoms with Crippen molar-refractivity contribution in [1.82, 2.24) is 15.1 Å². The van der Waals surface area contributed by atoms with Crippen LogP contribution in [0.5, 0.6) is 0 Å². The number of aliphatic hydroxyl groups is 1. The number of fused-ring (bicyclic) bond motifs is 1. The van der Waals surface area contributed by atoms with Crippen LogP contribution in [-0.2, 0) is 12.0 Å². The van der Waals surface area contributed by atoms with Crippen molar-refractivity contribution in [3.63, 3.8) is 0 Å². The summed E-state index contributed by atoms with van der Waals surface area (Å²) in [5.74, 6) is -0.174. The SMILES string of the molecule is O[C@](Cc1nc(-c2ccccc2)no1)(c1nc2ccccc2s1)C(F)(F)F. The average molecular weight is 391 g/mol. The van der Waals surface area contributed by atoms with E-state index < -0.39 is 23.2 Å². The van der Waals surface area contributed by atoms with Crippen LogP contribution in [0.15, 0.2) is 59.1 Å². The van der Waals surface area contributed by atoms with Crippen LogP contribution in [-0.4, -0.2) is 26.4 Å². The Hall–Kier alpha value is -2.78. The Morgan fingerprint density at radius 2 is 1.67 bits per heavy atom. The molecule has 9 heteroatoms. The number of alkyl halides is 3. The van der Waals surface area contributed by atoms with Gasteiger partial charge < -0.3 is 9.63 Å². The van der Waals surface area contributed by atoms with Crippen LogP contribution in [0.2, 0.25) is 0 Å². The van der Waals surface area contributed by atoms with Crippen molar-refractivity contribution in [2.45, 2.75) is 18.2 Å². The summed E-state index contributed by atoms with van der Waals surface area (Å²) >= 11 is 0.783. The van der Waals surface area contributed by atoms with Gasteiger partial charge in [-0.3, -0.25) is 0 Å². The number of benzene rings is 2. The zero-order chi connectivity index (χ0) is 19.1. The van der Waals surface area contributed by atoms with E-state index in [-0.39, 0.29) is 11.7 Å². The molecule has 0 aliphatic carbocycles. The van der Waals surface area contributed by atoms with Crippen LogP contribution >= 0.6 is 11.3 Å². The molecule has 0 amide bonds. The molecule has 1 N–H and O–H groups in total. The van der Waals surface area contributed by atoms with Crippen LogP contribution in [0, 0.1) is 0 Å². The Kier molecular flexibility index (Phi) is 4.20. The van der Waals surface area contributed by atoms with E-state index in [4.69, 9.17) is 4.52 Å². The highest BCUT2D eigenvalue weighted by Gasteiger charge is 2.58. The largest absolute Gasteiger partial charge is 0.424 e. The summed E-state index contributed by atoms with van der Waals surface area (Å²) in [7, 11) is 0. The third kappa shape index (κ3) is 3.19. The Labute approximate surface area is 155 Å². The number of para-hydroxylation sites is 1. The molecule has 0 spiro atoms. The van der Waals surface area contributed by atoms with Gasteiger partial charge in [-0.25, -0.2) is 4.98 Å². The van der Waals surface area contributed by atoms with E-state index in [1.807, 2.05) is 0 Å². The summed E-state index contributed by atoms with van der Waals surface area (Å²) < 4.78 is 46.8. The summed E-state index contributed by atoms with van der Waals surface area (Å²) in [6.07, 6.45) is -5.89. The maximum atomic E-state index is 13.8. The summed E-state index contributed by atoms with van der Waals surface area (Å²) in [4.78, 5) is 7.97. The molecule has 4 aromatic rings. The molecule has 0 fully saturated rings. The van der Waals surface area contributed by atoms with Gasteiger partial charge in [0, 0.05) is 5.56 Å². The quantitative estimate of drug-likeness (QED) is 0.560. The van der Waals surface area contributed by atoms with Gasteiger partial charge in [-0.05, 0) is 12.1 Å². The van der Waals surface area contributed by atoms with Gasteiger partial charge >= 0.3 is 6.18 Å². The van der Waals surface area contributed by atoms with Gasteiger partial charge in [0.25, 0.3) is 0 Å². The standard InChI is InChI=1S/C18H12F3N3O2S/c19-18(20,21)17(25,16-22-12-8-4-5-9-13(12)27-16)10-14-23-15(24-26-14)11-6-2-1-3-7-11/h1-9,25H,10H2/t17-/m1/s1. The summed E-state index contributed by atoms with van der Waals surface area (Å²) in [6, 6.07) is 15.3. The summed E-state index contributed by atoms with van der Waals surface area (Å²) in [6.45, 7) is 0. The number of aromatic nitrogens is 3. The molecule has 2 aromatic heterocycles. The first kappa shape index (κ1) is 17.6. The lowest BCUT2D eigenvalue weighted by molar-refractivity contribution is -0.267. The fourth-order valence-corrected chi connectivity index (χ4v) is 3.67. The van der Waals surface area contributed by atoms with Gasteiger partial charge in [-0.2, -0.15) is 18.2 Å². The molecule has 0 aliphatic heterocycles. The lowest BCUT2D eigenvalue weighted by Crippen LogP contribution is -2.44. The van der Waals surface area contributed by atoms with E-state index >= 15 is 0 Å². The van der Waals surface area contributed by atoms with E-state index in [1.165, 1.54) is 0 Å². The second-order valence-electron chi connectivity index (χ2n) is 5.90. The maximum absolute atomic E-state index is 13.8. The van der Waals surface area contributed by atoms with Gasteiger partial charge in [-0.1, -0.05) is 47.6 Å². The zero-order valence-corrected chi connectivity index (χ0v) is 14.5. The molecule has 0 bridgehead atoms. The first-order chi connectivity index (χ1) is 12.9. The first-order valence-corrected chi connectivity index (χ1v) is 8.72. The van der Waals surface area contributed by atoms with Crippen molar-refractivity contribution < 1.29 is 22.8 Å². The smallest absolute Gasteiger partial charge is 0.374 e. The molecule has 1 atom stereocenters. The molecule has 0 radical (unpaired) electrons. The van der Waals surface area contributed by atoms with Crippen LogP contribution in [0.25, 0.3) is 21.6 Å². The fourth-order valence-electron chi connectivity index (χ4n) is 2.60. The molecule has 0 unspecified atom stereocenters. The number of thiazole rings is 1. The van der Waals surface area contributed by atoms with E-state index in [0.29, 0.717) is 15.8 Å². The van der Waals surface area contributed by atoms with Crippen molar-refractivity contribution in [2.75, 3.05) is 0 Å². The number of rotatable bonds is 4. The third-order valence-corrected chi connectivity index (χ3v) is 5.21. The maximum Gasteiger partial charge on any atom is 0.424 e. The highest BCUT2D eigenvalue weighted by Crippen LogP contribution is 2.44. The monoisotopic (exact) mass is 391 g/mol. The molecule has 2 aromatic carbocycles. The predicted molar refractivity (Wildman–Crippen MR) is 93.0 cm³/mol. The highest BCUT2D eigenvalue weighted by molar-refractivity contribution is 7.18. The second-order valence-corrected chi connectivity index (χ2v) is 6.93. The topological polar surface area (TPSA) is 72.0 Å². The summed E-state index contributed by atoms with van der Waals surface area (Å²) in [5.41, 5.74) is -2.24. The number of hydrogen-bond donors (Lipinski definition) is 1. The van der Waals surface area contributed by atoms with Crippen LogP contribution in [0.4, 0.5) is 13.2 Å². The molecule has 2 heterocycles. The Morgan fingerprint density at radius 1 is 0.963 bits per heavy atom. The minimum absolute atomic E-state index is 0.152. The normalized spacial score (nSPS) is 14.4. The van der Waals surface area contributed by atoms with E-state index in [2.05, 4.69) is 15.1 Å². The molecule has 27 heavy (non-hydrogen) atoms. The number of hydrogen-bond acceptors (Lipinski definition) is 6. The minimum atomic E-state index is -4.97. The van der Waals surface area contributed by atoms with Gasteiger partial charge in [0.05, 0.1) is 16.6 Å². The third-order valence-electron chi connectivity index (χ3n) is 4.02. The van der Waals surface area contributed by atoms with Crippen LogP contribution < -0.4 is 0 Å². The van der Waals surface area contributed by atoms with Crippen molar-refractivity contribution in [1.29, 1.82) is 0 Å². The molecule has 0 saturated heterocycles. The predicted octanol–water partition coefficient (Wildman–Crippen LogP) is 4.34. The molecule has 0 saturated carbocycles. The first-order valence-electron chi connectivity index (χ1n) is 7.90. The van der Waals surface area contributed by atoms with Crippen LogP contribution in [0.3, 0.4) is 0 Å². The van der Waals surface area contributed by atoms with Crippen LogP contribution in [0.1, 0.15) is 10.9 Å². The van der Waals surface area contributed by atoms with E-state index in [1.54, 1.807) is 54.6 Å². The lowest BCUT2D eigenvalue weighted by Gasteiger charge is -2.26. The van der Waals surface area contributed by atoms with Gasteiger partial charge in [0.1, 0.15) is 5.01 Å². The van der Waals surface area contributed by atoms with Gasteiger partial charge in [0.2, 0.25) is 17.3 Å². The van der Waals surface area contributed by atoms with Gasteiger partial charge in [0.15, 0.2) is 0 Å². The Morgan fingerprint density at radius 3 is 2.37 bits per heavy atom. The fraction of sp³-hybridized carbons (Fsp3) is 0.167. The molecule has 4 rings (SSSR count). The number of nitrogens with zero attached hydrogens (tertiary/aromatic N) is 3. The molecule has 0 aliphatic rings. The van der Waals surface area contributed by atoms with Crippen molar-refractivity contribution in [3.05, 3.63) is 65.5 Å². The Balaban J connectivity index is 1.72. The average Bonchev–Trinajstić information content (AvgIpc) is 3.28. The van der Waals surface area contributed by atoms with Crippen molar-refractivity contribution in [3.8, 4) is 11.4 Å². The van der Waals surface area contributed by atoms with Crippen molar-refractivity contribution in [2.24, 2.45) is 0 Å². The van der Waals surface area contributed by atoms with E-state index in [0.717, 1.165) is 11.3 Å².